The zero-order valence-electron chi connectivity index (χ0n) is 19.8. The molecule has 0 aliphatic carbocycles. The Kier molecular flexibility index (Phi) is 8.14. The molecule has 10 nitrogen and oxygen atoms in total. The summed E-state index contributed by atoms with van der Waals surface area (Å²) in [4.78, 5) is 24.9. The number of methoxy groups -OCH3 is 1. The summed E-state index contributed by atoms with van der Waals surface area (Å²) >= 11 is 0. The largest absolute Gasteiger partial charge is 0.428 e. The van der Waals surface area contributed by atoms with Crippen molar-refractivity contribution in [1.82, 2.24) is 5.32 Å². The zero-order valence-corrected chi connectivity index (χ0v) is 19.8. The van der Waals surface area contributed by atoms with Gasteiger partial charge in [0.05, 0.1) is 12.2 Å². The maximum atomic E-state index is 13.0. The quantitative estimate of drug-likeness (QED) is 0.385. The minimum Gasteiger partial charge on any atom is -0.428 e. The second-order valence-electron chi connectivity index (χ2n) is 8.59. The summed E-state index contributed by atoms with van der Waals surface area (Å²) in [5, 5.41) is 34.8. The molecule has 10 heteroatoms. The molecular formula is C26H29NO9. The number of nitrogens with one attached hydrogen (secondary N) is 1. The molecule has 0 saturated carbocycles. The van der Waals surface area contributed by atoms with Crippen molar-refractivity contribution in [3.63, 3.8) is 0 Å². The third-order valence-corrected chi connectivity index (χ3v) is 6.09. The van der Waals surface area contributed by atoms with E-state index in [1.54, 1.807) is 60.7 Å². The highest BCUT2D eigenvalue weighted by molar-refractivity contribution is 6.03. The number of aliphatic hydroxyl groups excluding tert-OH is 3. The van der Waals surface area contributed by atoms with Crippen molar-refractivity contribution in [3.05, 3.63) is 77.4 Å². The van der Waals surface area contributed by atoms with Crippen LogP contribution in [0.3, 0.4) is 0 Å². The summed E-state index contributed by atoms with van der Waals surface area (Å²) in [5.41, 5.74) is 1.34. The molecule has 2 aliphatic heterocycles. The first-order valence-corrected chi connectivity index (χ1v) is 11.5. The third-order valence-electron chi connectivity index (χ3n) is 6.09. The molecule has 0 bridgehead atoms. The number of ether oxygens (including phenoxy) is 4. The van der Waals surface area contributed by atoms with E-state index in [-0.39, 0.29) is 17.8 Å². The van der Waals surface area contributed by atoms with Gasteiger partial charge in [-0.05, 0) is 11.1 Å². The van der Waals surface area contributed by atoms with Crippen LogP contribution < -0.4 is 5.32 Å². The van der Waals surface area contributed by atoms with Crippen LogP contribution in [0, 0.1) is 0 Å². The summed E-state index contributed by atoms with van der Waals surface area (Å²) in [6.07, 6.45) is -7.75. The molecule has 192 valence electrons. The predicted molar refractivity (Wildman–Crippen MR) is 126 cm³/mol. The van der Waals surface area contributed by atoms with E-state index in [9.17, 15) is 24.9 Å². The lowest BCUT2D eigenvalue weighted by Gasteiger charge is -2.43. The highest BCUT2D eigenvalue weighted by atomic mass is 16.8. The summed E-state index contributed by atoms with van der Waals surface area (Å²) < 4.78 is 22.5. The molecule has 1 amide bonds. The van der Waals surface area contributed by atoms with Gasteiger partial charge in [0.15, 0.2) is 6.29 Å². The van der Waals surface area contributed by atoms with E-state index < -0.39 is 54.9 Å². The van der Waals surface area contributed by atoms with E-state index in [1.165, 1.54) is 14.0 Å². The number of rotatable bonds is 8. The minimum absolute atomic E-state index is 0.00156. The molecule has 0 unspecified atom stereocenters. The summed E-state index contributed by atoms with van der Waals surface area (Å²) in [6, 6.07) is 16.3. The number of carbonyl (C=O) groups excluding carboxylic acids is 2. The maximum Gasteiger partial charge on any atom is 0.340 e. The fourth-order valence-electron chi connectivity index (χ4n) is 4.38. The Morgan fingerprint density at radius 3 is 2.31 bits per heavy atom. The van der Waals surface area contributed by atoms with Crippen LogP contribution in [0.5, 0.6) is 0 Å². The van der Waals surface area contributed by atoms with Crippen molar-refractivity contribution in [3.8, 4) is 0 Å². The fourth-order valence-corrected chi connectivity index (χ4v) is 4.38. The monoisotopic (exact) mass is 499 g/mol. The van der Waals surface area contributed by atoms with Gasteiger partial charge in [0.1, 0.15) is 30.5 Å². The molecule has 2 heterocycles. The lowest BCUT2D eigenvalue weighted by molar-refractivity contribution is -0.297. The van der Waals surface area contributed by atoms with Crippen LogP contribution in [0.4, 0.5) is 0 Å². The molecular weight excluding hydrogens is 470 g/mol. The van der Waals surface area contributed by atoms with Crippen molar-refractivity contribution in [1.29, 1.82) is 0 Å². The Morgan fingerprint density at radius 2 is 1.69 bits per heavy atom. The number of aliphatic hydroxyl groups is 3. The van der Waals surface area contributed by atoms with Gasteiger partial charge in [-0.3, -0.25) is 4.79 Å². The lowest BCUT2D eigenvalue weighted by atomic mass is 9.93. The molecule has 4 N–H and O–H groups in total. The highest BCUT2D eigenvalue weighted by Crippen LogP contribution is 2.40. The maximum absolute atomic E-state index is 13.0. The van der Waals surface area contributed by atoms with E-state index in [4.69, 9.17) is 18.9 Å². The van der Waals surface area contributed by atoms with Crippen LogP contribution in [-0.4, -0.2) is 77.8 Å². The molecule has 4 rings (SSSR count). The normalized spacial score (nSPS) is 29.1. The van der Waals surface area contributed by atoms with Crippen LogP contribution >= 0.6 is 0 Å². The molecule has 0 spiro atoms. The van der Waals surface area contributed by atoms with Crippen LogP contribution in [0.25, 0.3) is 5.57 Å². The van der Waals surface area contributed by atoms with Crippen molar-refractivity contribution < 1.29 is 43.9 Å². The van der Waals surface area contributed by atoms with E-state index in [0.29, 0.717) is 11.1 Å². The van der Waals surface area contributed by atoms with E-state index in [2.05, 4.69) is 5.32 Å². The van der Waals surface area contributed by atoms with Gasteiger partial charge >= 0.3 is 5.97 Å². The Labute approximate surface area is 208 Å². The Bertz CT molecular complexity index is 1090. The summed E-state index contributed by atoms with van der Waals surface area (Å²) in [7, 11) is 1.41. The fraction of sp³-hybridized carbons (Fsp3) is 0.385. The van der Waals surface area contributed by atoms with Gasteiger partial charge in [-0.15, -0.1) is 0 Å². The molecule has 2 aliphatic rings. The molecule has 2 aromatic carbocycles. The molecule has 36 heavy (non-hydrogen) atoms. The van der Waals surface area contributed by atoms with Gasteiger partial charge in [0.25, 0.3) is 0 Å². The number of hydrogen-bond donors (Lipinski definition) is 4. The van der Waals surface area contributed by atoms with Gasteiger partial charge in [-0.25, -0.2) is 4.79 Å². The average molecular weight is 500 g/mol. The second kappa shape index (κ2) is 11.3. The number of esters is 1. The van der Waals surface area contributed by atoms with Crippen LogP contribution in [0.1, 0.15) is 24.2 Å². The third kappa shape index (κ3) is 5.34. The molecule has 1 saturated heterocycles. The number of benzene rings is 2. The average Bonchev–Trinajstić information content (AvgIpc) is 3.20. The number of hydrogen-bond acceptors (Lipinski definition) is 9. The number of amides is 1. The second-order valence-corrected chi connectivity index (χ2v) is 8.59. The van der Waals surface area contributed by atoms with Crippen molar-refractivity contribution in [2.75, 3.05) is 13.7 Å². The Morgan fingerprint density at radius 1 is 1.06 bits per heavy atom. The van der Waals surface area contributed by atoms with E-state index in [0.717, 1.165) is 0 Å². The molecule has 7 atom stereocenters. The van der Waals surface area contributed by atoms with Gasteiger partial charge < -0.3 is 39.6 Å². The summed E-state index contributed by atoms with van der Waals surface area (Å²) in [6.45, 7) is 1.19. The first-order chi connectivity index (χ1) is 17.3. The predicted octanol–water partition coefficient (Wildman–Crippen LogP) is 0.671. The van der Waals surface area contributed by atoms with Gasteiger partial charge in [0, 0.05) is 19.6 Å². The zero-order chi connectivity index (χ0) is 25.8. The Hall–Kier alpha value is -3.12. The first-order valence-electron chi connectivity index (χ1n) is 11.5. The summed E-state index contributed by atoms with van der Waals surface area (Å²) in [5.74, 6) is -1.27. The van der Waals surface area contributed by atoms with Crippen molar-refractivity contribution in [2.45, 2.75) is 50.0 Å². The topological polar surface area (TPSA) is 144 Å². The lowest BCUT2D eigenvalue weighted by Crippen LogP contribution is -2.65. The van der Waals surface area contributed by atoms with Crippen molar-refractivity contribution in [2.24, 2.45) is 0 Å². The minimum atomic E-state index is -1.46. The van der Waals surface area contributed by atoms with Crippen LogP contribution in [-0.2, 0) is 28.5 Å². The number of cyclic esters (lactones) is 1. The van der Waals surface area contributed by atoms with Crippen LogP contribution in [0.15, 0.2) is 66.2 Å². The van der Waals surface area contributed by atoms with E-state index >= 15 is 0 Å². The van der Waals surface area contributed by atoms with Crippen molar-refractivity contribution >= 4 is 17.4 Å². The highest BCUT2D eigenvalue weighted by Gasteiger charge is 2.49. The number of carbonyl (C=O) groups is 2. The van der Waals surface area contributed by atoms with Crippen LogP contribution in [0.2, 0.25) is 0 Å². The van der Waals surface area contributed by atoms with E-state index in [1.807, 2.05) is 0 Å². The van der Waals surface area contributed by atoms with Gasteiger partial charge in [0.2, 0.25) is 12.2 Å². The standard InChI is InChI=1S/C26H29NO9/c1-14(28)27-20-23(31)22(30)17(13-33-2)34-26(20)36-25-18(15-9-5-3-6-10-15)19(24(32)35-25)21(29)16-11-7-4-8-12-16/h3-12,17,20-23,25-26,29-31H,13H2,1-2H3,(H,27,28)/t17-,20-,21+,22+,23-,25+,26+/m0/s1. The van der Waals surface area contributed by atoms with Gasteiger partial charge in [-0.2, -0.15) is 0 Å². The molecule has 2 aromatic rings. The molecule has 0 radical (unpaired) electrons. The smallest absolute Gasteiger partial charge is 0.340 e. The molecule has 1 fully saturated rings. The first kappa shape index (κ1) is 26.0. The van der Waals surface area contributed by atoms with Gasteiger partial charge in [-0.1, -0.05) is 60.7 Å². The Balaban J connectivity index is 1.72. The SMILES string of the molecule is COC[C@@H]1O[C@H](O[C@H]2OC(=O)C([C@H](O)c3ccccc3)=C2c2ccccc2)[C@@H](NC(C)=O)[C@H](O)[C@@H]1O. The molecule has 0 aromatic heterocycles.